The van der Waals surface area contributed by atoms with E-state index in [1.165, 1.54) is 24.1 Å². The minimum Gasteiger partial charge on any atom is -0.497 e. The largest absolute Gasteiger partial charge is 0.497 e. The van der Waals surface area contributed by atoms with Gasteiger partial charge in [-0.25, -0.2) is 0 Å². The zero-order chi connectivity index (χ0) is 19.2. The maximum absolute atomic E-state index is 12.6. The molecule has 1 amide bonds. The number of nitrogens with zero attached hydrogens (tertiary/aromatic N) is 2. The summed E-state index contributed by atoms with van der Waals surface area (Å²) in [4.78, 5) is 17.1. The zero-order valence-corrected chi connectivity index (χ0v) is 16.4. The first-order valence-corrected chi connectivity index (χ1v) is 9.52. The molecule has 0 spiro atoms. The van der Waals surface area contributed by atoms with E-state index in [2.05, 4.69) is 39.4 Å². The van der Waals surface area contributed by atoms with Crippen molar-refractivity contribution in [2.75, 3.05) is 45.7 Å². The Morgan fingerprint density at radius 3 is 2.26 bits per heavy atom. The minimum atomic E-state index is -0.0493. The minimum absolute atomic E-state index is 0.0493. The van der Waals surface area contributed by atoms with Crippen molar-refractivity contribution in [2.45, 2.75) is 18.9 Å². The van der Waals surface area contributed by atoms with Crippen molar-refractivity contribution < 1.29 is 9.53 Å². The molecule has 27 heavy (non-hydrogen) atoms. The second-order valence-corrected chi connectivity index (χ2v) is 7.18. The number of ether oxygens (including phenoxy) is 1. The number of carbonyl (C=O) groups is 1. The van der Waals surface area contributed by atoms with Crippen LogP contribution in [0.2, 0.25) is 0 Å². The lowest BCUT2D eigenvalue weighted by molar-refractivity contribution is 0.0938. The van der Waals surface area contributed by atoms with Gasteiger partial charge < -0.3 is 15.0 Å². The van der Waals surface area contributed by atoms with Gasteiger partial charge in [-0.2, -0.15) is 0 Å². The molecule has 1 N–H and O–H groups in total. The van der Waals surface area contributed by atoms with Crippen LogP contribution in [0.25, 0.3) is 0 Å². The number of carbonyl (C=O) groups excluding carboxylic acids is 1. The van der Waals surface area contributed by atoms with Crippen LogP contribution in [-0.2, 0) is 0 Å². The number of methoxy groups -OCH3 is 1. The SMILES string of the molecule is COc1ccc(C(=O)NC[C@H](c2ccc(N(C)C)cc2)N2CCCC2)cc1. The molecule has 0 unspecified atom stereocenters. The lowest BCUT2D eigenvalue weighted by Gasteiger charge is -2.28. The van der Waals surface area contributed by atoms with Crippen LogP contribution in [0.15, 0.2) is 48.5 Å². The molecular weight excluding hydrogens is 338 g/mol. The summed E-state index contributed by atoms with van der Waals surface area (Å²) in [5.74, 6) is 0.703. The number of nitrogens with one attached hydrogen (secondary N) is 1. The van der Waals surface area contributed by atoms with Crippen molar-refractivity contribution in [3.63, 3.8) is 0 Å². The van der Waals surface area contributed by atoms with Crippen LogP contribution in [0.1, 0.15) is 34.8 Å². The molecule has 0 radical (unpaired) electrons. The van der Waals surface area contributed by atoms with E-state index in [0.29, 0.717) is 12.1 Å². The Morgan fingerprint density at radius 1 is 1.07 bits per heavy atom. The molecule has 1 aliphatic rings. The summed E-state index contributed by atoms with van der Waals surface area (Å²) in [5.41, 5.74) is 3.08. The molecule has 5 nitrogen and oxygen atoms in total. The van der Waals surface area contributed by atoms with Gasteiger partial charge in [0.2, 0.25) is 0 Å². The molecule has 0 aromatic heterocycles. The predicted octanol–water partition coefficient (Wildman–Crippen LogP) is 3.33. The molecule has 5 heteroatoms. The van der Waals surface area contributed by atoms with E-state index in [9.17, 15) is 4.79 Å². The van der Waals surface area contributed by atoms with E-state index >= 15 is 0 Å². The number of benzene rings is 2. The molecule has 0 aliphatic carbocycles. The van der Waals surface area contributed by atoms with Crippen LogP contribution in [0.5, 0.6) is 5.75 Å². The highest BCUT2D eigenvalue weighted by Crippen LogP contribution is 2.26. The monoisotopic (exact) mass is 367 g/mol. The number of hydrogen-bond acceptors (Lipinski definition) is 4. The Kier molecular flexibility index (Phi) is 6.35. The van der Waals surface area contributed by atoms with Crippen LogP contribution in [0.3, 0.4) is 0 Å². The number of amides is 1. The van der Waals surface area contributed by atoms with Crippen molar-refractivity contribution in [1.82, 2.24) is 10.2 Å². The van der Waals surface area contributed by atoms with Gasteiger partial charge in [0.15, 0.2) is 0 Å². The lowest BCUT2D eigenvalue weighted by Crippen LogP contribution is -2.36. The van der Waals surface area contributed by atoms with Gasteiger partial charge in [0.25, 0.3) is 5.91 Å². The van der Waals surface area contributed by atoms with Gasteiger partial charge in [-0.05, 0) is 67.9 Å². The fraction of sp³-hybridized carbons (Fsp3) is 0.409. The van der Waals surface area contributed by atoms with E-state index in [0.717, 1.165) is 18.8 Å². The number of hydrogen-bond donors (Lipinski definition) is 1. The van der Waals surface area contributed by atoms with E-state index in [1.807, 2.05) is 26.2 Å². The fourth-order valence-electron chi connectivity index (χ4n) is 3.54. The smallest absolute Gasteiger partial charge is 0.251 e. The van der Waals surface area contributed by atoms with Crippen LogP contribution in [0.4, 0.5) is 5.69 Å². The standard InChI is InChI=1S/C22H29N3O2/c1-24(2)19-10-6-17(7-11-19)21(25-14-4-5-15-25)16-23-22(26)18-8-12-20(27-3)13-9-18/h6-13,21H,4-5,14-16H2,1-3H3,(H,23,26)/t21-/m1/s1. The molecule has 2 aromatic carbocycles. The van der Waals surface area contributed by atoms with Crippen molar-refractivity contribution >= 4 is 11.6 Å². The Bertz CT molecular complexity index is 735. The summed E-state index contributed by atoms with van der Waals surface area (Å²) in [5, 5.41) is 3.12. The fourth-order valence-corrected chi connectivity index (χ4v) is 3.54. The highest BCUT2D eigenvalue weighted by atomic mass is 16.5. The molecule has 1 heterocycles. The highest BCUT2D eigenvalue weighted by Gasteiger charge is 2.24. The third kappa shape index (κ3) is 4.80. The number of rotatable bonds is 7. The topological polar surface area (TPSA) is 44.8 Å². The Balaban J connectivity index is 1.70. The van der Waals surface area contributed by atoms with Gasteiger partial charge in [0, 0.05) is 31.9 Å². The predicted molar refractivity (Wildman–Crippen MR) is 110 cm³/mol. The van der Waals surface area contributed by atoms with Gasteiger partial charge in [0.1, 0.15) is 5.75 Å². The summed E-state index contributed by atoms with van der Waals surface area (Å²) in [6.07, 6.45) is 2.44. The molecule has 144 valence electrons. The van der Waals surface area contributed by atoms with Crippen LogP contribution < -0.4 is 15.0 Å². The van der Waals surface area contributed by atoms with Crippen LogP contribution in [-0.4, -0.2) is 51.6 Å². The van der Waals surface area contributed by atoms with Gasteiger partial charge in [-0.3, -0.25) is 9.69 Å². The maximum Gasteiger partial charge on any atom is 0.251 e. The Morgan fingerprint density at radius 2 is 1.70 bits per heavy atom. The summed E-state index contributed by atoms with van der Waals surface area (Å²) in [6.45, 7) is 2.77. The van der Waals surface area contributed by atoms with E-state index in [1.54, 1.807) is 19.2 Å². The van der Waals surface area contributed by atoms with Gasteiger partial charge in [0.05, 0.1) is 13.2 Å². The zero-order valence-electron chi connectivity index (χ0n) is 16.4. The molecule has 1 atom stereocenters. The first-order chi connectivity index (χ1) is 13.1. The molecule has 0 bridgehead atoms. The van der Waals surface area contributed by atoms with Gasteiger partial charge in [-0.1, -0.05) is 12.1 Å². The molecule has 2 aromatic rings. The highest BCUT2D eigenvalue weighted by molar-refractivity contribution is 5.94. The molecule has 0 saturated carbocycles. The summed E-state index contributed by atoms with van der Waals surface area (Å²) < 4.78 is 5.16. The van der Waals surface area contributed by atoms with E-state index < -0.39 is 0 Å². The molecule has 1 aliphatic heterocycles. The van der Waals surface area contributed by atoms with Gasteiger partial charge >= 0.3 is 0 Å². The van der Waals surface area contributed by atoms with Crippen molar-refractivity contribution in [3.05, 3.63) is 59.7 Å². The maximum atomic E-state index is 12.6. The van der Waals surface area contributed by atoms with E-state index in [4.69, 9.17) is 4.74 Å². The third-order valence-corrected chi connectivity index (χ3v) is 5.18. The molecule has 1 fully saturated rings. The average molecular weight is 367 g/mol. The number of anilines is 1. The third-order valence-electron chi connectivity index (χ3n) is 5.18. The molecule has 3 rings (SSSR count). The van der Waals surface area contributed by atoms with E-state index in [-0.39, 0.29) is 11.9 Å². The quantitative estimate of drug-likeness (QED) is 0.815. The summed E-state index contributed by atoms with van der Waals surface area (Å²) in [6, 6.07) is 16.1. The van der Waals surface area contributed by atoms with Crippen molar-refractivity contribution in [2.24, 2.45) is 0 Å². The Hall–Kier alpha value is -2.53. The molecule has 1 saturated heterocycles. The van der Waals surface area contributed by atoms with Crippen molar-refractivity contribution in [1.29, 1.82) is 0 Å². The second-order valence-electron chi connectivity index (χ2n) is 7.18. The van der Waals surface area contributed by atoms with Gasteiger partial charge in [-0.15, -0.1) is 0 Å². The first kappa shape index (κ1) is 19.2. The Labute approximate surface area is 161 Å². The average Bonchev–Trinajstić information content (AvgIpc) is 3.23. The normalized spacial score (nSPS) is 15.4. The lowest BCUT2D eigenvalue weighted by atomic mass is 10.0. The summed E-state index contributed by atoms with van der Waals surface area (Å²) >= 11 is 0. The number of likely N-dealkylation sites (tertiary alicyclic amines) is 1. The molecular formula is C22H29N3O2. The van der Waals surface area contributed by atoms with Crippen molar-refractivity contribution in [3.8, 4) is 5.75 Å². The second kappa shape index (κ2) is 8.91. The first-order valence-electron chi connectivity index (χ1n) is 9.52. The van der Waals surface area contributed by atoms with Crippen LogP contribution >= 0.6 is 0 Å². The summed E-state index contributed by atoms with van der Waals surface area (Å²) in [7, 11) is 5.71. The van der Waals surface area contributed by atoms with Crippen LogP contribution in [0, 0.1) is 0 Å².